The van der Waals surface area contributed by atoms with E-state index in [0.29, 0.717) is 11.3 Å². The van der Waals surface area contributed by atoms with Crippen LogP contribution >= 0.6 is 0 Å². The highest BCUT2D eigenvalue weighted by molar-refractivity contribution is 6.00. The fraction of sp³-hybridized carbons (Fsp3) is 0.176. The average Bonchev–Trinajstić information content (AvgIpc) is 2.61. The van der Waals surface area contributed by atoms with Crippen molar-refractivity contribution in [1.29, 1.82) is 0 Å². The van der Waals surface area contributed by atoms with Crippen LogP contribution in [0.1, 0.15) is 23.2 Å². The SMILES string of the molecule is COc1ccc(C(=O)CCC(=O)Nc2ccc([N+](=O)[O-])cc2O)cc1. The van der Waals surface area contributed by atoms with E-state index < -0.39 is 16.6 Å². The smallest absolute Gasteiger partial charge is 0.273 e. The molecule has 0 aromatic heterocycles. The van der Waals surface area contributed by atoms with Crippen molar-refractivity contribution in [3.8, 4) is 11.5 Å². The van der Waals surface area contributed by atoms with E-state index in [-0.39, 0.29) is 30.0 Å². The molecule has 0 heterocycles. The number of anilines is 1. The minimum Gasteiger partial charge on any atom is -0.506 e. The molecule has 0 saturated heterocycles. The molecule has 8 nitrogen and oxygen atoms in total. The van der Waals surface area contributed by atoms with Crippen molar-refractivity contribution in [2.24, 2.45) is 0 Å². The number of nitrogens with zero attached hydrogens (tertiary/aromatic N) is 1. The molecule has 8 heteroatoms. The number of carbonyl (C=O) groups is 2. The second-order valence-electron chi connectivity index (χ2n) is 5.16. The first kappa shape index (κ1) is 17.9. The Kier molecular flexibility index (Phi) is 5.67. The van der Waals surface area contributed by atoms with Gasteiger partial charge >= 0.3 is 0 Å². The fourth-order valence-corrected chi connectivity index (χ4v) is 2.10. The summed E-state index contributed by atoms with van der Waals surface area (Å²) in [6.45, 7) is 0. The van der Waals surface area contributed by atoms with E-state index in [9.17, 15) is 24.8 Å². The van der Waals surface area contributed by atoms with Crippen molar-refractivity contribution in [3.63, 3.8) is 0 Å². The number of methoxy groups -OCH3 is 1. The summed E-state index contributed by atoms with van der Waals surface area (Å²) in [4.78, 5) is 33.9. The van der Waals surface area contributed by atoms with Gasteiger partial charge in [-0.15, -0.1) is 0 Å². The van der Waals surface area contributed by atoms with Crippen LogP contribution in [-0.4, -0.2) is 28.8 Å². The Labute approximate surface area is 143 Å². The Morgan fingerprint density at radius 1 is 1.16 bits per heavy atom. The molecule has 0 aliphatic heterocycles. The van der Waals surface area contributed by atoms with Gasteiger partial charge in [0.05, 0.1) is 23.8 Å². The number of amides is 1. The second kappa shape index (κ2) is 7.91. The van der Waals surface area contributed by atoms with Crippen LogP contribution in [-0.2, 0) is 4.79 Å². The van der Waals surface area contributed by atoms with Crippen molar-refractivity contribution >= 4 is 23.1 Å². The van der Waals surface area contributed by atoms with E-state index in [1.54, 1.807) is 24.3 Å². The Hall–Kier alpha value is -3.42. The number of carbonyl (C=O) groups excluding carboxylic acids is 2. The lowest BCUT2D eigenvalue weighted by molar-refractivity contribution is -0.384. The number of ketones is 1. The van der Waals surface area contributed by atoms with Crippen molar-refractivity contribution in [1.82, 2.24) is 0 Å². The van der Waals surface area contributed by atoms with Crippen LogP contribution in [0.3, 0.4) is 0 Å². The summed E-state index contributed by atoms with van der Waals surface area (Å²) in [5.74, 6) is -0.469. The van der Waals surface area contributed by atoms with Gasteiger partial charge in [-0.05, 0) is 30.3 Å². The number of ether oxygens (including phenoxy) is 1. The third kappa shape index (κ3) is 4.77. The van der Waals surface area contributed by atoms with Crippen molar-refractivity contribution in [2.75, 3.05) is 12.4 Å². The Morgan fingerprint density at radius 3 is 2.40 bits per heavy atom. The van der Waals surface area contributed by atoms with Crippen molar-refractivity contribution < 1.29 is 24.4 Å². The molecule has 0 unspecified atom stereocenters. The zero-order valence-corrected chi connectivity index (χ0v) is 13.4. The first-order valence-electron chi connectivity index (χ1n) is 7.35. The largest absolute Gasteiger partial charge is 0.506 e. The number of phenolic OH excluding ortho intramolecular Hbond substituents is 1. The molecule has 0 fully saturated rings. The summed E-state index contributed by atoms with van der Waals surface area (Å²) in [5.41, 5.74) is 0.226. The van der Waals surface area contributed by atoms with Gasteiger partial charge in [-0.1, -0.05) is 0 Å². The first-order valence-corrected chi connectivity index (χ1v) is 7.35. The lowest BCUT2D eigenvalue weighted by atomic mass is 10.1. The summed E-state index contributed by atoms with van der Waals surface area (Å²) in [7, 11) is 1.52. The Morgan fingerprint density at radius 2 is 1.84 bits per heavy atom. The number of nitrogens with one attached hydrogen (secondary N) is 1. The Balaban J connectivity index is 1.91. The van der Waals surface area contributed by atoms with Crippen LogP contribution in [0.5, 0.6) is 11.5 Å². The minimum atomic E-state index is -0.654. The van der Waals surface area contributed by atoms with E-state index in [4.69, 9.17) is 4.74 Å². The number of nitro groups is 1. The highest BCUT2D eigenvalue weighted by Crippen LogP contribution is 2.28. The summed E-state index contributed by atoms with van der Waals surface area (Å²) in [6.07, 6.45) is -0.0901. The van der Waals surface area contributed by atoms with Crippen LogP contribution < -0.4 is 10.1 Å². The van der Waals surface area contributed by atoms with E-state index in [1.165, 1.54) is 13.2 Å². The van der Waals surface area contributed by atoms with Gasteiger partial charge in [-0.3, -0.25) is 19.7 Å². The van der Waals surface area contributed by atoms with Crippen molar-refractivity contribution in [2.45, 2.75) is 12.8 Å². The zero-order valence-electron chi connectivity index (χ0n) is 13.4. The van der Waals surface area contributed by atoms with Gasteiger partial charge in [-0.2, -0.15) is 0 Å². The maximum atomic E-state index is 12.0. The number of benzene rings is 2. The predicted octanol–water partition coefficient (Wildman–Crippen LogP) is 2.91. The lowest BCUT2D eigenvalue weighted by Crippen LogP contribution is -2.13. The molecule has 0 spiro atoms. The number of hydrogen-bond donors (Lipinski definition) is 2. The number of hydrogen-bond acceptors (Lipinski definition) is 6. The van der Waals surface area contributed by atoms with E-state index >= 15 is 0 Å². The third-order valence-corrected chi connectivity index (χ3v) is 3.46. The molecule has 1 amide bonds. The standard InChI is InChI=1S/C17H16N2O6/c1-25-13-5-2-11(3-6-13)15(20)8-9-17(22)18-14-7-4-12(19(23)24)10-16(14)21/h2-7,10,21H,8-9H2,1H3,(H,18,22). The molecule has 25 heavy (non-hydrogen) atoms. The summed E-state index contributed by atoms with van der Waals surface area (Å²) < 4.78 is 5.01. The summed E-state index contributed by atoms with van der Waals surface area (Å²) in [5, 5.41) is 22.7. The fourth-order valence-electron chi connectivity index (χ4n) is 2.10. The average molecular weight is 344 g/mol. The molecule has 0 aliphatic carbocycles. The van der Waals surface area contributed by atoms with E-state index in [0.717, 1.165) is 12.1 Å². The van der Waals surface area contributed by atoms with Gasteiger partial charge in [0.25, 0.3) is 5.69 Å². The van der Waals surface area contributed by atoms with Crippen LogP contribution in [0.4, 0.5) is 11.4 Å². The van der Waals surface area contributed by atoms with Gasteiger partial charge < -0.3 is 15.2 Å². The molecule has 2 N–H and O–H groups in total. The Bertz CT molecular complexity index is 801. The monoisotopic (exact) mass is 344 g/mol. The molecule has 2 rings (SSSR count). The lowest BCUT2D eigenvalue weighted by Gasteiger charge is -2.07. The quantitative estimate of drug-likeness (QED) is 0.345. The van der Waals surface area contributed by atoms with E-state index in [2.05, 4.69) is 5.32 Å². The number of aromatic hydroxyl groups is 1. The molecule has 2 aromatic rings. The molecule has 0 aliphatic rings. The highest BCUT2D eigenvalue weighted by Gasteiger charge is 2.14. The van der Waals surface area contributed by atoms with E-state index in [1.807, 2.05) is 0 Å². The number of rotatable bonds is 7. The van der Waals surface area contributed by atoms with Gasteiger partial charge in [0.1, 0.15) is 11.5 Å². The minimum absolute atomic E-state index is 0.00803. The third-order valence-electron chi connectivity index (χ3n) is 3.46. The number of phenols is 1. The normalized spacial score (nSPS) is 10.1. The van der Waals surface area contributed by atoms with Gasteiger partial charge in [0.15, 0.2) is 5.78 Å². The van der Waals surface area contributed by atoms with Crippen LogP contribution in [0.25, 0.3) is 0 Å². The van der Waals surface area contributed by atoms with Gasteiger partial charge in [-0.25, -0.2) is 0 Å². The molecule has 2 aromatic carbocycles. The van der Waals surface area contributed by atoms with Gasteiger partial charge in [0, 0.05) is 24.5 Å². The molecular formula is C17H16N2O6. The number of Topliss-reactive ketones (excluding diaryl/α,β-unsaturated/α-hetero) is 1. The molecule has 0 saturated carbocycles. The molecule has 0 radical (unpaired) electrons. The molecular weight excluding hydrogens is 328 g/mol. The molecule has 0 atom stereocenters. The summed E-state index contributed by atoms with van der Waals surface area (Å²) in [6, 6.07) is 9.87. The summed E-state index contributed by atoms with van der Waals surface area (Å²) >= 11 is 0. The van der Waals surface area contributed by atoms with Crippen LogP contribution in [0.2, 0.25) is 0 Å². The zero-order chi connectivity index (χ0) is 18.4. The number of nitro benzene ring substituents is 1. The van der Waals surface area contributed by atoms with Gasteiger partial charge in [0.2, 0.25) is 5.91 Å². The van der Waals surface area contributed by atoms with Crippen LogP contribution in [0.15, 0.2) is 42.5 Å². The van der Waals surface area contributed by atoms with Crippen molar-refractivity contribution in [3.05, 3.63) is 58.1 Å². The maximum absolute atomic E-state index is 12.0. The van der Waals surface area contributed by atoms with Crippen LogP contribution in [0, 0.1) is 10.1 Å². The predicted molar refractivity (Wildman–Crippen MR) is 89.9 cm³/mol. The first-order chi connectivity index (χ1) is 11.9. The number of non-ortho nitro benzene ring substituents is 1. The second-order valence-corrected chi connectivity index (χ2v) is 5.16. The maximum Gasteiger partial charge on any atom is 0.273 e. The highest BCUT2D eigenvalue weighted by atomic mass is 16.6. The molecule has 0 bridgehead atoms. The molecule has 130 valence electrons. The topological polar surface area (TPSA) is 119 Å².